The molecule has 1 aliphatic carbocycles. The van der Waals surface area contributed by atoms with Crippen LogP contribution in [-0.4, -0.2) is 27.5 Å². The molecular formula is C12H16ClN3O2S. The van der Waals surface area contributed by atoms with Crippen LogP contribution < -0.4 is 5.32 Å². The van der Waals surface area contributed by atoms with Gasteiger partial charge in [-0.1, -0.05) is 11.6 Å². The number of nitrogens with zero attached hydrogens (tertiary/aromatic N) is 2. The summed E-state index contributed by atoms with van der Waals surface area (Å²) < 4.78 is 0. The number of pyridine rings is 1. The summed E-state index contributed by atoms with van der Waals surface area (Å²) in [7, 11) is 0. The summed E-state index contributed by atoms with van der Waals surface area (Å²) in [6.45, 7) is 0. The Morgan fingerprint density at radius 2 is 2.16 bits per heavy atom. The van der Waals surface area contributed by atoms with E-state index in [-0.39, 0.29) is 16.8 Å². The molecule has 5 nitrogen and oxygen atoms in total. The van der Waals surface area contributed by atoms with Crippen LogP contribution in [0.15, 0.2) is 12.3 Å². The summed E-state index contributed by atoms with van der Waals surface area (Å²) in [5, 5.41) is 15.2. The molecule has 0 bridgehead atoms. The zero-order chi connectivity index (χ0) is 13.8. The highest BCUT2D eigenvalue weighted by Crippen LogP contribution is 2.31. The van der Waals surface area contributed by atoms with Crippen molar-refractivity contribution < 1.29 is 4.92 Å². The van der Waals surface area contributed by atoms with Crippen LogP contribution >= 0.6 is 23.4 Å². The van der Waals surface area contributed by atoms with Crippen molar-refractivity contribution in [2.75, 3.05) is 11.6 Å². The average Bonchev–Trinajstić information content (AvgIpc) is 2.41. The van der Waals surface area contributed by atoms with Gasteiger partial charge in [-0.05, 0) is 31.9 Å². The maximum absolute atomic E-state index is 11.0. The molecule has 1 fully saturated rings. The van der Waals surface area contributed by atoms with Crippen molar-refractivity contribution in [1.82, 2.24) is 4.98 Å². The molecule has 1 aromatic rings. The highest BCUT2D eigenvalue weighted by Gasteiger charge is 2.23. The fourth-order valence-electron chi connectivity index (χ4n) is 2.32. The second-order valence-corrected chi connectivity index (χ2v) is 6.21. The quantitative estimate of drug-likeness (QED) is 0.678. The number of rotatable bonds is 4. The lowest BCUT2D eigenvalue weighted by atomic mass is 9.95. The smallest absolute Gasteiger partial charge is 0.312 e. The lowest BCUT2D eigenvalue weighted by Gasteiger charge is -2.28. The average molecular weight is 302 g/mol. The van der Waals surface area contributed by atoms with E-state index in [1.807, 2.05) is 11.8 Å². The molecule has 0 amide bonds. The van der Waals surface area contributed by atoms with Gasteiger partial charge in [0.25, 0.3) is 0 Å². The van der Waals surface area contributed by atoms with E-state index in [1.54, 1.807) is 0 Å². The molecule has 19 heavy (non-hydrogen) atoms. The minimum absolute atomic E-state index is 0.0560. The van der Waals surface area contributed by atoms with Crippen LogP contribution in [0.3, 0.4) is 0 Å². The first-order chi connectivity index (χ1) is 9.10. The molecule has 1 saturated carbocycles. The second kappa shape index (κ2) is 6.43. The number of nitro groups is 1. The molecule has 0 aliphatic heterocycles. The van der Waals surface area contributed by atoms with Gasteiger partial charge < -0.3 is 5.32 Å². The van der Waals surface area contributed by atoms with Gasteiger partial charge in [0.1, 0.15) is 0 Å². The van der Waals surface area contributed by atoms with Crippen LogP contribution in [-0.2, 0) is 0 Å². The van der Waals surface area contributed by atoms with E-state index in [0.29, 0.717) is 11.1 Å². The highest BCUT2D eigenvalue weighted by molar-refractivity contribution is 7.99. The molecule has 0 radical (unpaired) electrons. The maximum Gasteiger partial charge on any atom is 0.312 e. The van der Waals surface area contributed by atoms with Crippen LogP contribution in [0.25, 0.3) is 0 Å². The Hall–Kier alpha value is -1.01. The van der Waals surface area contributed by atoms with Gasteiger partial charge in [0.15, 0.2) is 0 Å². The van der Waals surface area contributed by atoms with Gasteiger partial charge >= 0.3 is 5.69 Å². The summed E-state index contributed by atoms with van der Waals surface area (Å²) in [5.41, 5.74) is -0.0560. The number of hydrogen-bond donors (Lipinski definition) is 1. The molecule has 1 aliphatic rings. The summed E-state index contributed by atoms with van der Waals surface area (Å²) in [5.74, 6) is 0.321. The Morgan fingerprint density at radius 1 is 1.47 bits per heavy atom. The molecular weight excluding hydrogens is 286 g/mol. The molecule has 0 unspecified atom stereocenters. The van der Waals surface area contributed by atoms with E-state index in [0.717, 1.165) is 25.7 Å². The molecule has 1 N–H and O–H groups in total. The van der Waals surface area contributed by atoms with Gasteiger partial charge in [-0.15, -0.1) is 0 Å². The van der Waals surface area contributed by atoms with Crippen LogP contribution in [0.4, 0.5) is 11.5 Å². The third kappa shape index (κ3) is 3.73. The first-order valence-corrected chi connectivity index (χ1v) is 7.86. The van der Waals surface area contributed by atoms with Gasteiger partial charge in [0.2, 0.25) is 5.82 Å². The van der Waals surface area contributed by atoms with Crippen molar-refractivity contribution >= 4 is 34.9 Å². The maximum atomic E-state index is 11.0. The fourth-order valence-corrected chi connectivity index (χ4v) is 3.21. The van der Waals surface area contributed by atoms with E-state index in [2.05, 4.69) is 16.6 Å². The van der Waals surface area contributed by atoms with Crippen molar-refractivity contribution in [2.45, 2.75) is 37.0 Å². The molecule has 0 spiro atoms. The third-order valence-corrected chi connectivity index (χ3v) is 4.72. The first kappa shape index (κ1) is 14.4. The van der Waals surface area contributed by atoms with E-state index >= 15 is 0 Å². The van der Waals surface area contributed by atoms with Gasteiger partial charge in [0, 0.05) is 23.6 Å². The Labute approximate surface area is 121 Å². The zero-order valence-electron chi connectivity index (χ0n) is 10.6. The second-order valence-electron chi connectivity index (χ2n) is 4.63. The number of aromatic nitrogens is 1. The summed E-state index contributed by atoms with van der Waals surface area (Å²) in [6, 6.07) is 1.60. The minimum atomic E-state index is -0.450. The predicted molar refractivity (Wildman–Crippen MR) is 79.1 cm³/mol. The largest absolute Gasteiger partial charge is 0.362 e. The van der Waals surface area contributed by atoms with Crippen LogP contribution in [0.1, 0.15) is 25.7 Å². The Bertz CT molecular complexity index is 464. The van der Waals surface area contributed by atoms with Gasteiger partial charge in [-0.2, -0.15) is 11.8 Å². The molecule has 1 aromatic heterocycles. The summed E-state index contributed by atoms with van der Waals surface area (Å²) >= 11 is 7.64. The number of nitrogens with one attached hydrogen (secondary N) is 1. The number of hydrogen-bond acceptors (Lipinski definition) is 5. The Morgan fingerprint density at radius 3 is 2.74 bits per heavy atom. The van der Waals surface area contributed by atoms with E-state index in [4.69, 9.17) is 11.6 Å². The van der Waals surface area contributed by atoms with Crippen molar-refractivity contribution in [3.8, 4) is 0 Å². The summed E-state index contributed by atoms with van der Waals surface area (Å²) in [4.78, 5) is 14.6. The fraction of sp³-hybridized carbons (Fsp3) is 0.583. The Kier molecular flexibility index (Phi) is 4.87. The SMILES string of the molecule is CSC1CCC(Nc2ncc(Cl)cc2[N+](=O)[O-])CC1. The van der Waals surface area contributed by atoms with Crippen molar-refractivity contribution in [3.63, 3.8) is 0 Å². The van der Waals surface area contributed by atoms with Crippen molar-refractivity contribution in [1.29, 1.82) is 0 Å². The molecule has 0 atom stereocenters. The topological polar surface area (TPSA) is 68.1 Å². The number of halogens is 1. The van der Waals surface area contributed by atoms with Gasteiger partial charge in [0.05, 0.1) is 9.95 Å². The number of anilines is 1. The molecule has 0 aromatic carbocycles. The van der Waals surface area contributed by atoms with Crippen molar-refractivity contribution in [2.24, 2.45) is 0 Å². The molecule has 2 rings (SSSR count). The van der Waals surface area contributed by atoms with Crippen molar-refractivity contribution in [3.05, 3.63) is 27.4 Å². The standard InChI is InChI=1S/C12H16ClN3O2S/c1-19-10-4-2-9(3-5-10)15-12-11(16(17)18)6-8(13)7-14-12/h6-7,9-10H,2-5H2,1H3,(H,14,15). The lowest BCUT2D eigenvalue weighted by Crippen LogP contribution is -2.27. The zero-order valence-corrected chi connectivity index (χ0v) is 12.2. The molecule has 104 valence electrons. The molecule has 0 saturated heterocycles. The minimum Gasteiger partial charge on any atom is -0.362 e. The molecule has 1 heterocycles. The van der Waals surface area contributed by atoms with E-state index < -0.39 is 4.92 Å². The third-order valence-electron chi connectivity index (χ3n) is 3.38. The monoisotopic (exact) mass is 301 g/mol. The Balaban J connectivity index is 2.05. The normalized spacial score (nSPS) is 23.1. The van der Waals surface area contributed by atoms with E-state index in [1.165, 1.54) is 12.3 Å². The lowest BCUT2D eigenvalue weighted by molar-refractivity contribution is -0.384. The highest BCUT2D eigenvalue weighted by atomic mass is 35.5. The van der Waals surface area contributed by atoms with Gasteiger partial charge in [-0.25, -0.2) is 4.98 Å². The predicted octanol–water partition coefficient (Wildman–Crippen LogP) is 3.73. The molecule has 7 heteroatoms. The van der Waals surface area contributed by atoms with Gasteiger partial charge in [-0.3, -0.25) is 10.1 Å². The summed E-state index contributed by atoms with van der Waals surface area (Å²) in [6.07, 6.45) is 7.88. The number of thioether (sulfide) groups is 1. The first-order valence-electron chi connectivity index (χ1n) is 6.19. The van der Waals surface area contributed by atoms with E-state index in [9.17, 15) is 10.1 Å². The van der Waals surface area contributed by atoms with Crippen LogP contribution in [0.5, 0.6) is 0 Å². The van der Waals surface area contributed by atoms with Crippen LogP contribution in [0.2, 0.25) is 5.02 Å². The van der Waals surface area contributed by atoms with Crippen LogP contribution in [0, 0.1) is 10.1 Å².